The molecule has 8 heteroatoms. The van der Waals surface area contributed by atoms with Crippen LogP contribution in [0.2, 0.25) is 0 Å². The third kappa shape index (κ3) is 3.62. The molecule has 104 valence electrons. The van der Waals surface area contributed by atoms with Gasteiger partial charge in [-0.1, -0.05) is 0 Å². The van der Waals surface area contributed by atoms with Gasteiger partial charge in [-0.05, 0) is 13.0 Å². The van der Waals surface area contributed by atoms with Gasteiger partial charge in [-0.15, -0.1) is 0 Å². The van der Waals surface area contributed by atoms with Gasteiger partial charge in [-0.2, -0.15) is 0 Å². The monoisotopic (exact) mass is 272 g/mol. The molecule has 1 aromatic rings. The number of methoxy groups -OCH3 is 1. The molecule has 0 heterocycles. The Hall–Kier alpha value is -2.22. The fourth-order valence-electron chi connectivity index (χ4n) is 1.27. The highest BCUT2D eigenvalue weighted by Gasteiger charge is 2.31. The Morgan fingerprint density at radius 2 is 2.21 bits per heavy atom. The summed E-state index contributed by atoms with van der Waals surface area (Å²) >= 11 is 0. The first kappa shape index (κ1) is 14.8. The molecule has 0 bridgehead atoms. The number of ether oxygens (including phenoxy) is 2. The van der Waals surface area contributed by atoms with Crippen LogP contribution >= 0.6 is 0 Å². The lowest BCUT2D eigenvalue weighted by Gasteiger charge is -2.21. The van der Waals surface area contributed by atoms with Crippen molar-refractivity contribution in [3.63, 3.8) is 0 Å². The number of carbonyl (C=O) groups is 1. The molecule has 0 spiro atoms. The van der Waals surface area contributed by atoms with Crippen molar-refractivity contribution in [1.29, 1.82) is 0 Å². The Morgan fingerprint density at radius 3 is 2.74 bits per heavy atom. The summed E-state index contributed by atoms with van der Waals surface area (Å²) in [5, 5.41) is 10.7. The first-order valence-corrected chi connectivity index (χ1v) is 5.22. The number of esters is 1. The Labute approximate surface area is 108 Å². The molecule has 0 saturated heterocycles. The van der Waals surface area contributed by atoms with Gasteiger partial charge in [-0.25, -0.2) is 9.18 Å². The van der Waals surface area contributed by atoms with E-state index >= 15 is 0 Å². The van der Waals surface area contributed by atoms with Gasteiger partial charge < -0.3 is 15.2 Å². The highest BCUT2D eigenvalue weighted by molar-refractivity contribution is 5.80. The van der Waals surface area contributed by atoms with Crippen molar-refractivity contribution in [2.24, 2.45) is 5.73 Å². The van der Waals surface area contributed by atoms with Crippen LogP contribution in [0.15, 0.2) is 18.2 Å². The summed E-state index contributed by atoms with van der Waals surface area (Å²) in [4.78, 5) is 21.3. The summed E-state index contributed by atoms with van der Waals surface area (Å²) in [6.07, 6.45) is 0. The molecule has 7 nitrogen and oxygen atoms in total. The van der Waals surface area contributed by atoms with E-state index in [-0.39, 0.29) is 12.4 Å². The molecule has 0 aromatic heterocycles. The number of halogens is 1. The van der Waals surface area contributed by atoms with Gasteiger partial charge in [0.05, 0.1) is 12.0 Å². The van der Waals surface area contributed by atoms with Crippen molar-refractivity contribution in [3.8, 4) is 5.75 Å². The average Bonchev–Trinajstić information content (AvgIpc) is 2.35. The number of nitro benzene ring substituents is 1. The van der Waals surface area contributed by atoms with Crippen molar-refractivity contribution in [2.75, 3.05) is 13.7 Å². The molecule has 1 aromatic carbocycles. The summed E-state index contributed by atoms with van der Waals surface area (Å²) < 4.78 is 22.5. The number of hydrogen-bond acceptors (Lipinski definition) is 6. The minimum atomic E-state index is -1.49. The third-order valence-corrected chi connectivity index (χ3v) is 2.30. The van der Waals surface area contributed by atoms with Gasteiger partial charge in [-0.3, -0.25) is 10.1 Å². The van der Waals surface area contributed by atoms with Crippen LogP contribution in [0, 0.1) is 15.9 Å². The molecule has 0 aliphatic rings. The van der Waals surface area contributed by atoms with E-state index in [1.165, 1.54) is 6.92 Å². The number of hydrogen-bond donors (Lipinski definition) is 1. The molecule has 19 heavy (non-hydrogen) atoms. The van der Waals surface area contributed by atoms with Crippen LogP contribution < -0.4 is 10.5 Å². The molecule has 1 rings (SSSR count). The van der Waals surface area contributed by atoms with E-state index < -0.39 is 27.9 Å². The smallest absolute Gasteiger partial charge is 0.329 e. The van der Waals surface area contributed by atoms with Gasteiger partial charge in [0.25, 0.3) is 0 Å². The van der Waals surface area contributed by atoms with Gasteiger partial charge in [0, 0.05) is 12.1 Å². The molecular formula is C11H13FN2O5. The SMILES string of the molecule is COC(=O)C(C)(N)COc1cc(F)ccc1[N+](=O)[O-]. The Kier molecular flexibility index (Phi) is 4.38. The lowest BCUT2D eigenvalue weighted by Crippen LogP contribution is -2.50. The van der Waals surface area contributed by atoms with Crippen LogP contribution in [0.3, 0.4) is 0 Å². The van der Waals surface area contributed by atoms with Crippen molar-refractivity contribution in [2.45, 2.75) is 12.5 Å². The van der Waals surface area contributed by atoms with E-state index in [1.807, 2.05) is 0 Å². The maximum atomic E-state index is 13.0. The van der Waals surface area contributed by atoms with Crippen LogP contribution in [0.4, 0.5) is 10.1 Å². The Morgan fingerprint density at radius 1 is 1.58 bits per heavy atom. The zero-order valence-electron chi connectivity index (χ0n) is 10.4. The van der Waals surface area contributed by atoms with Gasteiger partial charge in [0.2, 0.25) is 0 Å². The van der Waals surface area contributed by atoms with Gasteiger partial charge >= 0.3 is 11.7 Å². The topological polar surface area (TPSA) is 105 Å². The van der Waals surface area contributed by atoms with Crippen molar-refractivity contribution in [1.82, 2.24) is 0 Å². The molecule has 0 amide bonds. The van der Waals surface area contributed by atoms with E-state index in [2.05, 4.69) is 4.74 Å². The third-order valence-electron chi connectivity index (χ3n) is 2.30. The van der Waals surface area contributed by atoms with Crippen LogP contribution in [-0.4, -0.2) is 30.1 Å². The van der Waals surface area contributed by atoms with E-state index in [1.54, 1.807) is 0 Å². The molecular weight excluding hydrogens is 259 g/mol. The second kappa shape index (κ2) is 5.61. The van der Waals surface area contributed by atoms with Crippen LogP contribution in [0.5, 0.6) is 5.75 Å². The number of rotatable bonds is 5. The van der Waals surface area contributed by atoms with E-state index in [4.69, 9.17) is 10.5 Å². The Bertz CT molecular complexity index is 504. The van der Waals surface area contributed by atoms with Gasteiger partial charge in [0.1, 0.15) is 18.0 Å². The van der Waals surface area contributed by atoms with Crippen molar-refractivity contribution < 1.29 is 23.6 Å². The Balaban J connectivity index is 2.91. The normalized spacial score (nSPS) is 13.5. The van der Waals surface area contributed by atoms with Crippen molar-refractivity contribution >= 4 is 11.7 Å². The average molecular weight is 272 g/mol. The zero-order chi connectivity index (χ0) is 14.6. The van der Waals surface area contributed by atoms with Crippen molar-refractivity contribution in [3.05, 3.63) is 34.1 Å². The lowest BCUT2D eigenvalue weighted by atomic mass is 10.1. The number of carbonyl (C=O) groups excluding carboxylic acids is 1. The summed E-state index contributed by atoms with van der Waals surface area (Å²) in [7, 11) is 1.15. The second-order valence-corrected chi connectivity index (χ2v) is 4.07. The minimum absolute atomic E-state index is 0.300. The number of nitro groups is 1. The summed E-state index contributed by atoms with van der Waals surface area (Å²) in [6.45, 7) is 0.952. The molecule has 0 aliphatic heterocycles. The molecule has 1 unspecified atom stereocenters. The van der Waals surface area contributed by atoms with Crippen LogP contribution in [0.25, 0.3) is 0 Å². The van der Waals surface area contributed by atoms with Gasteiger partial charge in [0.15, 0.2) is 5.75 Å². The number of nitrogens with zero attached hydrogens (tertiary/aromatic N) is 1. The second-order valence-electron chi connectivity index (χ2n) is 4.07. The molecule has 0 saturated carbocycles. The first-order chi connectivity index (χ1) is 8.77. The highest BCUT2D eigenvalue weighted by Crippen LogP contribution is 2.28. The maximum absolute atomic E-state index is 13.0. The number of nitrogens with two attached hydrogens (primary N) is 1. The fraction of sp³-hybridized carbons (Fsp3) is 0.364. The quantitative estimate of drug-likeness (QED) is 0.487. The predicted molar refractivity (Wildman–Crippen MR) is 63.2 cm³/mol. The van der Waals surface area contributed by atoms with E-state index in [0.717, 1.165) is 25.3 Å². The fourth-order valence-corrected chi connectivity index (χ4v) is 1.27. The maximum Gasteiger partial charge on any atom is 0.329 e. The number of benzene rings is 1. The lowest BCUT2D eigenvalue weighted by molar-refractivity contribution is -0.386. The first-order valence-electron chi connectivity index (χ1n) is 5.22. The summed E-state index contributed by atoms with van der Waals surface area (Å²) in [6, 6.07) is 2.76. The summed E-state index contributed by atoms with van der Waals surface area (Å²) in [5.41, 5.74) is 3.71. The van der Waals surface area contributed by atoms with Crippen LogP contribution in [-0.2, 0) is 9.53 Å². The minimum Gasteiger partial charge on any atom is -0.484 e. The molecule has 2 N–H and O–H groups in total. The standard InChI is InChI=1S/C11H13FN2O5/c1-11(13,10(15)18-2)6-19-9-5-7(12)3-4-8(9)14(16)17/h3-5H,6,13H2,1-2H3. The van der Waals surface area contributed by atoms with E-state index in [0.29, 0.717) is 0 Å². The predicted octanol–water partition coefficient (Wildman–Crippen LogP) is 1.00. The molecule has 0 radical (unpaired) electrons. The zero-order valence-corrected chi connectivity index (χ0v) is 10.4. The molecule has 1 atom stereocenters. The molecule has 0 fully saturated rings. The molecule has 0 aliphatic carbocycles. The highest BCUT2D eigenvalue weighted by atomic mass is 19.1. The largest absolute Gasteiger partial charge is 0.484 e. The summed E-state index contributed by atoms with van der Waals surface area (Å²) in [5.74, 6) is -1.74. The van der Waals surface area contributed by atoms with E-state index in [9.17, 15) is 19.3 Å². The van der Waals surface area contributed by atoms with Crippen LogP contribution in [0.1, 0.15) is 6.92 Å².